The van der Waals surface area contributed by atoms with Crippen LogP contribution >= 0.6 is 11.6 Å². The minimum Gasteiger partial charge on any atom is -0.489 e. The molecule has 1 aromatic rings. The molecule has 1 heterocycles. The van der Waals surface area contributed by atoms with Gasteiger partial charge in [0, 0.05) is 17.7 Å². The van der Waals surface area contributed by atoms with Gasteiger partial charge in [0.15, 0.2) is 0 Å². The van der Waals surface area contributed by atoms with Gasteiger partial charge in [0.1, 0.15) is 12.4 Å². The summed E-state index contributed by atoms with van der Waals surface area (Å²) in [7, 11) is 0. The van der Waals surface area contributed by atoms with Crippen LogP contribution < -0.4 is 10.5 Å². The Labute approximate surface area is 94.1 Å². The summed E-state index contributed by atoms with van der Waals surface area (Å²) in [4.78, 5) is 0. The van der Waals surface area contributed by atoms with Crippen LogP contribution in [0.1, 0.15) is 12.8 Å². The van der Waals surface area contributed by atoms with Crippen LogP contribution in [-0.2, 0) is 4.74 Å². The van der Waals surface area contributed by atoms with Gasteiger partial charge in [-0.05, 0) is 25.0 Å². The fourth-order valence-electron chi connectivity index (χ4n) is 1.59. The number of halogens is 1. The summed E-state index contributed by atoms with van der Waals surface area (Å²) in [6, 6.07) is 5.22. The maximum Gasteiger partial charge on any atom is 0.143 e. The van der Waals surface area contributed by atoms with E-state index in [-0.39, 0.29) is 6.10 Å². The summed E-state index contributed by atoms with van der Waals surface area (Å²) in [5, 5.41) is 0.631. The monoisotopic (exact) mass is 227 g/mol. The number of hydrogen-bond donors (Lipinski definition) is 1. The first-order valence-corrected chi connectivity index (χ1v) is 5.43. The van der Waals surface area contributed by atoms with Gasteiger partial charge in [-0.15, -0.1) is 0 Å². The van der Waals surface area contributed by atoms with E-state index in [1.165, 1.54) is 0 Å². The van der Waals surface area contributed by atoms with Crippen LogP contribution in [0, 0.1) is 0 Å². The van der Waals surface area contributed by atoms with Crippen LogP contribution in [0.2, 0.25) is 5.02 Å². The molecule has 4 heteroatoms. The van der Waals surface area contributed by atoms with Crippen molar-refractivity contribution in [1.82, 2.24) is 0 Å². The van der Waals surface area contributed by atoms with Gasteiger partial charge in [0.2, 0.25) is 0 Å². The molecule has 1 fully saturated rings. The Morgan fingerprint density at radius 2 is 2.40 bits per heavy atom. The van der Waals surface area contributed by atoms with E-state index in [2.05, 4.69) is 0 Å². The van der Waals surface area contributed by atoms with E-state index >= 15 is 0 Å². The normalized spacial score (nSPS) is 20.5. The van der Waals surface area contributed by atoms with Crippen molar-refractivity contribution in [3.05, 3.63) is 23.2 Å². The highest BCUT2D eigenvalue weighted by Crippen LogP contribution is 2.26. The largest absolute Gasteiger partial charge is 0.489 e. The van der Waals surface area contributed by atoms with Crippen molar-refractivity contribution in [3.63, 3.8) is 0 Å². The van der Waals surface area contributed by atoms with E-state index in [0.717, 1.165) is 19.4 Å². The fraction of sp³-hybridized carbons (Fsp3) is 0.455. The molecule has 0 bridgehead atoms. The highest BCUT2D eigenvalue weighted by molar-refractivity contribution is 6.30. The van der Waals surface area contributed by atoms with Gasteiger partial charge in [-0.25, -0.2) is 0 Å². The zero-order valence-electron chi connectivity index (χ0n) is 8.41. The number of nitrogens with two attached hydrogens (primary N) is 1. The van der Waals surface area contributed by atoms with E-state index in [0.29, 0.717) is 23.1 Å². The quantitative estimate of drug-likeness (QED) is 0.807. The van der Waals surface area contributed by atoms with Crippen molar-refractivity contribution in [3.8, 4) is 5.75 Å². The lowest BCUT2D eigenvalue weighted by Crippen LogP contribution is -2.16. The minimum absolute atomic E-state index is 0.198. The molecule has 2 rings (SSSR count). The van der Waals surface area contributed by atoms with Crippen molar-refractivity contribution in [1.29, 1.82) is 0 Å². The lowest BCUT2D eigenvalue weighted by Gasteiger charge is -2.13. The van der Waals surface area contributed by atoms with Gasteiger partial charge in [0.05, 0.1) is 11.8 Å². The minimum atomic E-state index is 0.198. The van der Waals surface area contributed by atoms with Crippen LogP contribution in [0.15, 0.2) is 18.2 Å². The number of ether oxygens (including phenoxy) is 2. The molecule has 0 saturated carbocycles. The molecule has 15 heavy (non-hydrogen) atoms. The maximum atomic E-state index is 5.85. The SMILES string of the molecule is Nc1ccc(Cl)cc1OCC1CCCO1. The molecule has 3 nitrogen and oxygen atoms in total. The van der Waals surface area contributed by atoms with E-state index in [9.17, 15) is 0 Å². The predicted molar refractivity (Wildman–Crippen MR) is 60.3 cm³/mol. The molecule has 0 aromatic heterocycles. The second-order valence-corrected chi connectivity index (χ2v) is 4.06. The van der Waals surface area contributed by atoms with Crippen LogP contribution in [0.25, 0.3) is 0 Å². The molecule has 0 spiro atoms. The Balaban J connectivity index is 1.94. The first kappa shape index (κ1) is 10.6. The van der Waals surface area contributed by atoms with Gasteiger partial charge in [0.25, 0.3) is 0 Å². The molecule has 0 amide bonds. The third-order valence-corrected chi connectivity index (χ3v) is 2.66. The van der Waals surface area contributed by atoms with Crippen LogP contribution in [0.3, 0.4) is 0 Å². The summed E-state index contributed by atoms with van der Waals surface area (Å²) in [6.45, 7) is 1.38. The Hall–Kier alpha value is -0.930. The van der Waals surface area contributed by atoms with Crippen molar-refractivity contribution < 1.29 is 9.47 Å². The molecule has 1 aromatic carbocycles. The molecule has 1 saturated heterocycles. The smallest absolute Gasteiger partial charge is 0.143 e. The predicted octanol–water partition coefficient (Wildman–Crippen LogP) is 2.48. The summed E-state index contributed by atoms with van der Waals surface area (Å²) < 4.78 is 11.0. The number of rotatable bonds is 3. The van der Waals surface area contributed by atoms with E-state index in [1.807, 2.05) is 0 Å². The molecule has 1 atom stereocenters. The highest BCUT2D eigenvalue weighted by Gasteiger charge is 2.16. The molecular formula is C11H14ClNO2. The summed E-state index contributed by atoms with van der Waals surface area (Å²) >= 11 is 5.85. The molecule has 0 radical (unpaired) electrons. The first-order chi connectivity index (χ1) is 7.25. The van der Waals surface area contributed by atoms with Gasteiger partial charge in [-0.3, -0.25) is 0 Å². The van der Waals surface area contributed by atoms with Gasteiger partial charge in [-0.2, -0.15) is 0 Å². The van der Waals surface area contributed by atoms with Crippen LogP contribution in [-0.4, -0.2) is 19.3 Å². The Bertz CT molecular complexity index is 337. The average Bonchev–Trinajstić information content (AvgIpc) is 2.72. The standard InChI is InChI=1S/C11H14ClNO2/c12-8-3-4-10(13)11(6-8)15-7-9-2-1-5-14-9/h3-4,6,9H,1-2,5,7,13H2. The number of hydrogen-bond acceptors (Lipinski definition) is 3. The molecule has 2 N–H and O–H groups in total. The number of benzene rings is 1. The van der Waals surface area contributed by atoms with Gasteiger partial charge >= 0.3 is 0 Å². The number of anilines is 1. The zero-order valence-corrected chi connectivity index (χ0v) is 9.17. The van der Waals surface area contributed by atoms with Gasteiger partial charge in [-0.1, -0.05) is 11.6 Å². The molecule has 0 aliphatic carbocycles. The maximum absolute atomic E-state index is 5.85. The summed E-state index contributed by atoms with van der Waals surface area (Å²) in [5.41, 5.74) is 6.36. The summed E-state index contributed by atoms with van der Waals surface area (Å²) in [5.74, 6) is 0.637. The molecule has 1 aliphatic rings. The lowest BCUT2D eigenvalue weighted by molar-refractivity contribution is 0.0682. The Morgan fingerprint density at radius 3 is 3.13 bits per heavy atom. The topological polar surface area (TPSA) is 44.5 Å². The third kappa shape index (κ3) is 2.76. The average molecular weight is 228 g/mol. The fourth-order valence-corrected chi connectivity index (χ4v) is 1.75. The zero-order chi connectivity index (χ0) is 10.7. The van der Waals surface area contributed by atoms with E-state index < -0.39 is 0 Å². The number of nitrogen functional groups attached to an aromatic ring is 1. The third-order valence-electron chi connectivity index (χ3n) is 2.42. The van der Waals surface area contributed by atoms with Crippen molar-refractivity contribution in [2.24, 2.45) is 0 Å². The second kappa shape index (κ2) is 4.73. The summed E-state index contributed by atoms with van der Waals surface area (Å²) in [6.07, 6.45) is 2.36. The van der Waals surface area contributed by atoms with Gasteiger partial charge < -0.3 is 15.2 Å². The first-order valence-electron chi connectivity index (χ1n) is 5.05. The van der Waals surface area contributed by atoms with E-state index in [4.69, 9.17) is 26.8 Å². The van der Waals surface area contributed by atoms with Crippen LogP contribution in [0.4, 0.5) is 5.69 Å². The molecule has 82 valence electrons. The highest BCUT2D eigenvalue weighted by atomic mass is 35.5. The van der Waals surface area contributed by atoms with Crippen molar-refractivity contribution >= 4 is 17.3 Å². The molecule has 1 unspecified atom stereocenters. The van der Waals surface area contributed by atoms with E-state index in [1.54, 1.807) is 18.2 Å². The van der Waals surface area contributed by atoms with Crippen LogP contribution in [0.5, 0.6) is 5.75 Å². The molecule has 1 aliphatic heterocycles. The Kier molecular flexibility index (Phi) is 3.34. The van der Waals surface area contributed by atoms with Crippen molar-refractivity contribution in [2.45, 2.75) is 18.9 Å². The molecular weight excluding hydrogens is 214 g/mol. The lowest BCUT2D eigenvalue weighted by atomic mass is 10.2. The van der Waals surface area contributed by atoms with Crippen molar-refractivity contribution in [2.75, 3.05) is 18.9 Å². The Morgan fingerprint density at radius 1 is 1.53 bits per heavy atom. The second-order valence-electron chi connectivity index (χ2n) is 3.63.